The zero-order valence-electron chi connectivity index (χ0n) is 20.2. The number of hydrogen-bond acceptors (Lipinski definition) is 8. The van der Waals surface area contributed by atoms with Crippen molar-refractivity contribution in [2.75, 3.05) is 19.4 Å². The van der Waals surface area contributed by atoms with E-state index in [2.05, 4.69) is 0 Å². The zero-order chi connectivity index (χ0) is 27.8. The van der Waals surface area contributed by atoms with E-state index in [-0.39, 0.29) is 28.2 Å². The predicted molar refractivity (Wildman–Crippen MR) is 144 cm³/mol. The topological polar surface area (TPSA) is 116 Å². The Morgan fingerprint density at radius 2 is 1.42 bits per heavy atom. The van der Waals surface area contributed by atoms with E-state index < -0.39 is 47.2 Å². The molecule has 0 aliphatic carbocycles. The normalized spacial score (nSPS) is 11.4. The van der Waals surface area contributed by atoms with E-state index in [1.54, 1.807) is 37.3 Å². The highest BCUT2D eigenvalue weighted by Crippen LogP contribution is 2.49. The van der Waals surface area contributed by atoms with E-state index in [1.807, 2.05) is 0 Å². The Morgan fingerprint density at radius 1 is 0.868 bits per heavy atom. The molecular weight excluding hydrogens is 576 g/mol. The van der Waals surface area contributed by atoms with E-state index >= 15 is 0 Å². The molecular formula is C25H24Cl2NO8PS. The molecule has 3 rings (SSSR count). The number of rotatable bonds is 11. The van der Waals surface area contributed by atoms with Gasteiger partial charge in [-0.2, -0.15) is 0 Å². The second-order valence-electron chi connectivity index (χ2n) is 7.86. The summed E-state index contributed by atoms with van der Waals surface area (Å²) in [5.74, 6) is -1.49. The van der Waals surface area contributed by atoms with E-state index in [0.717, 1.165) is 0 Å². The number of amides is 1. The number of halogens is 2. The van der Waals surface area contributed by atoms with Crippen LogP contribution in [0, 0.1) is 0 Å². The number of ether oxygens (including phenoxy) is 1. The molecule has 202 valence electrons. The van der Waals surface area contributed by atoms with Crippen LogP contribution >= 0.6 is 30.8 Å². The fourth-order valence-corrected chi connectivity index (χ4v) is 6.64. The molecule has 0 aromatic heterocycles. The third-order valence-electron chi connectivity index (χ3n) is 4.77. The Balaban J connectivity index is 1.98. The Morgan fingerprint density at radius 3 is 1.92 bits per heavy atom. The molecule has 0 bridgehead atoms. The van der Waals surface area contributed by atoms with E-state index in [4.69, 9.17) is 37.0 Å². The summed E-state index contributed by atoms with van der Waals surface area (Å²) in [5.41, 5.74) is 0.352. The fraction of sp³-hybridized carbons (Fsp3) is 0.200. The SMILES string of the molecule is CCOC(=O)CN(CP(=O)(Oc1cccc(Cl)c1)Oc1cccc(Cl)c1)C(=O)S(=O)(=O)Cc1ccccc1. The summed E-state index contributed by atoms with van der Waals surface area (Å²) in [7, 11) is -8.92. The largest absolute Gasteiger partial charge is 0.465 e. The average Bonchev–Trinajstić information content (AvgIpc) is 2.83. The van der Waals surface area contributed by atoms with Crippen LogP contribution in [0.15, 0.2) is 78.9 Å². The van der Waals surface area contributed by atoms with Crippen molar-refractivity contribution in [1.82, 2.24) is 4.90 Å². The molecule has 0 saturated heterocycles. The van der Waals surface area contributed by atoms with E-state index in [1.165, 1.54) is 48.5 Å². The summed E-state index contributed by atoms with van der Waals surface area (Å²) < 4.78 is 56.3. The van der Waals surface area contributed by atoms with Crippen LogP contribution in [0.25, 0.3) is 0 Å². The first-order chi connectivity index (χ1) is 18.0. The number of carbonyl (C=O) groups is 2. The first-order valence-electron chi connectivity index (χ1n) is 11.2. The molecule has 0 unspecified atom stereocenters. The lowest BCUT2D eigenvalue weighted by Gasteiger charge is -2.27. The number of esters is 1. The van der Waals surface area contributed by atoms with Gasteiger partial charge in [0, 0.05) is 10.0 Å². The zero-order valence-corrected chi connectivity index (χ0v) is 23.4. The molecule has 3 aromatic carbocycles. The van der Waals surface area contributed by atoms with Crippen LogP contribution in [0.5, 0.6) is 11.5 Å². The average molecular weight is 600 g/mol. The number of nitrogens with zero attached hydrogens (tertiary/aromatic N) is 1. The Bertz CT molecular complexity index is 1380. The van der Waals surface area contributed by atoms with Gasteiger partial charge in [0.25, 0.3) is 0 Å². The van der Waals surface area contributed by atoms with Gasteiger partial charge in [0.2, 0.25) is 9.84 Å². The van der Waals surface area contributed by atoms with Crippen LogP contribution in [-0.2, 0) is 29.7 Å². The minimum Gasteiger partial charge on any atom is -0.465 e. The molecule has 0 aliphatic rings. The standard InChI is InChI=1S/C25H24Cl2NO8PS/c1-2-34-24(29)16-28(25(30)38(32,33)17-19-8-4-3-5-9-19)18-37(31,35-22-12-6-10-20(26)14-22)36-23-13-7-11-21(27)15-23/h3-15H,2,16-18H2,1H3. The van der Waals surface area contributed by atoms with Gasteiger partial charge in [-0.05, 0) is 48.9 Å². The minimum absolute atomic E-state index is 0.0205. The second-order valence-corrected chi connectivity index (χ2v) is 12.5. The fourth-order valence-electron chi connectivity index (χ4n) is 3.24. The molecule has 3 aromatic rings. The molecule has 0 spiro atoms. The molecule has 0 radical (unpaired) electrons. The van der Waals surface area contributed by atoms with Gasteiger partial charge in [0.1, 0.15) is 24.3 Å². The Kier molecular flexibility index (Phi) is 10.2. The van der Waals surface area contributed by atoms with Gasteiger partial charge >= 0.3 is 18.8 Å². The predicted octanol–water partition coefficient (Wildman–Crippen LogP) is 6.20. The van der Waals surface area contributed by atoms with Crippen molar-refractivity contribution in [3.63, 3.8) is 0 Å². The van der Waals surface area contributed by atoms with Gasteiger partial charge in [0.15, 0.2) is 0 Å². The van der Waals surface area contributed by atoms with Crippen LogP contribution in [0.2, 0.25) is 10.0 Å². The van der Waals surface area contributed by atoms with Crippen LogP contribution in [-0.4, -0.2) is 44.0 Å². The van der Waals surface area contributed by atoms with Crippen molar-refractivity contribution in [1.29, 1.82) is 0 Å². The van der Waals surface area contributed by atoms with E-state index in [0.29, 0.717) is 10.5 Å². The monoisotopic (exact) mass is 599 g/mol. The van der Waals surface area contributed by atoms with Crippen LogP contribution in [0.1, 0.15) is 12.5 Å². The third-order valence-corrected chi connectivity index (χ3v) is 8.41. The van der Waals surface area contributed by atoms with Crippen molar-refractivity contribution in [3.05, 3.63) is 94.5 Å². The molecule has 0 aliphatic heterocycles. The molecule has 0 atom stereocenters. The molecule has 0 N–H and O–H groups in total. The minimum atomic E-state index is -4.50. The van der Waals surface area contributed by atoms with Gasteiger partial charge < -0.3 is 18.7 Å². The van der Waals surface area contributed by atoms with Gasteiger partial charge in [-0.15, -0.1) is 0 Å². The number of carbonyl (C=O) groups excluding carboxylic acids is 2. The van der Waals surface area contributed by atoms with Gasteiger partial charge in [-0.3, -0.25) is 9.59 Å². The highest BCUT2D eigenvalue weighted by Gasteiger charge is 2.39. The molecule has 9 nitrogen and oxygen atoms in total. The maximum absolute atomic E-state index is 14.0. The first kappa shape index (κ1) is 29.5. The van der Waals surface area contributed by atoms with E-state index in [9.17, 15) is 22.6 Å². The third kappa shape index (κ3) is 8.77. The molecule has 13 heteroatoms. The molecule has 0 saturated carbocycles. The molecule has 1 amide bonds. The second kappa shape index (κ2) is 13.2. The smallest absolute Gasteiger partial charge is 0.450 e. The lowest BCUT2D eigenvalue weighted by Crippen LogP contribution is -2.41. The summed E-state index contributed by atoms with van der Waals surface area (Å²) in [6.45, 7) is 0.710. The lowest BCUT2D eigenvalue weighted by molar-refractivity contribution is -0.143. The lowest BCUT2D eigenvalue weighted by atomic mass is 10.2. The van der Waals surface area contributed by atoms with Gasteiger partial charge in [-0.25, -0.2) is 13.0 Å². The van der Waals surface area contributed by atoms with Crippen LogP contribution in [0.3, 0.4) is 0 Å². The van der Waals surface area contributed by atoms with Crippen molar-refractivity contribution >= 4 is 51.8 Å². The summed E-state index contributed by atoms with van der Waals surface area (Å²) >= 11 is 12.0. The van der Waals surface area contributed by atoms with Gasteiger partial charge in [0.05, 0.1) is 12.4 Å². The van der Waals surface area contributed by atoms with Crippen LogP contribution < -0.4 is 9.05 Å². The number of benzene rings is 3. The number of hydrogen-bond donors (Lipinski definition) is 0. The van der Waals surface area contributed by atoms with Crippen LogP contribution in [0.4, 0.5) is 4.79 Å². The highest BCUT2D eigenvalue weighted by atomic mass is 35.5. The summed E-state index contributed by atoms with van der Waals surface area (Å²) in [6.07, 6.45) is -0.905. The summed E-state index contributed by atoms with van der Waals surface area (Å²) in [5, 5.41) is -0.914. The van der Waals surface area contributed by atoms with Crippen molar-refractivity contribution < 1.29 is 36.4 Å². The maximum Gasteiger partial charge on any atom is 0.450 e. The Labute approximate surface area is 230 Å². The maximum atomic E-state index is 14.0. The number of sulfone groups is 1. The van der Waals surface area contributed by atoms with Gasteiger partial charge in [-0.1, -0.05) is 65.7 Å². The summed E-state index contributed by atoms with van der Waals surface area (Å²) in [6, 6.07) is 19.8. The first-order valence-corrected chi connectivity index (χ1v) is 15.3. The summed E-state index contributed by atoms with van der Waals surface area (Å²) in [4.78, 5) is 26.1. The quantitative estimate of drug-likeness (QED) is 0.189. The van der Waals surface area contributed by atoms with Crippen molar-refractivity contribution in [2.45, 2.75) is 12.7 Å². The van der Waals surface area contributed by atoms with Crippen molar-refractivity contribution in [3.8, 4) is 11.5 Å². The molecule has 38 heavy (non-hydrogen) atoms. The highest BCUT2D eigenvalue weighted by molar-refractivity contribution is 8.05. The molecule has 0 fully saturated rings. The van der Waals surface area contributed by atoms with Crippen molar-refractivity contribution in [2.24, 2.45) is 0 Å². The Hall–Kier alpha value is -3.04. The molecule has 0 heterocycles.